The zero-order chi connectivity index (χ0) is 12.9. The van der Waals surface area contributed by atoms with Gasteiger partial charge in [-0.2, -0.15) is 13.2 Å². The molecule has 0 spiro atoms. The second-order valence-electron chi connectivity index (χ2n) is 2.82. The Bertz CT molecular complexity index is 280. The Kier molecular flexibility index (Phi) is 6.26. The number of aliphatic hydroxyl groups excluding tert-OH is 1. The summed E-state index contributed by atoms with van der Waals surface area (Å²) in [5, 5.41) is 10.00. The Hall–Kier alpha value is -0.350. The van der Waals surface area contributed by atoms with Gasteiger partial charge < -0.3 is 5.11 Å². The van der Waals surface area contributed by atoms with Crippen LogP contribution in [0.3, 0.4) is 0 Å². The number of hydroxylamine groups is 2. The van der Waals surface area contributed by atoms with Crippen molar-refractivity contribution >= 4 is 28.5 Å². The third-order valence-electron chi connectivity index (χ3n) is 1.66. The minimum atomic E-state index is -4.45. The maximum Gasteiger partial charge on any atom is 0.421 e. The average Bonchev–Trinajstić information content (AvgIpc) is 2.21. The smallest absolute Gasteiger partial charge is 0.383 e. The summed E-state index contributed by atoms with van der Waals surface area (Å²) in [6.45, 7) is 0. The summed E-state index contributed by atoms with van der Waals surface area (Å²) < 4.78 is 35.3. The van der Waals surface area contributed by atoms with Crippen molar-refractivity contribution in [3.8, 4) is 0 Å². The molecular weight excluding hydrogens is 342 g/mol. The summed E-state index contributed by atoms with van der Waals surface area (Å²) in [6.07, 6.45) is -5.65. The van der Waals surface area contributed by atoms with Crippen molar-refractivity contribution in [3.63, 3.8) is 0 Å². The van der Waals surface area contributed by atoms with Crippen LogP contribution in [0.4, 0.5) is 13.2 Å². The minimum Gasteiger partial charge on any atom is -0.383 e. The second-order valence-corrected chi connectivity index (χ2v) is 3.98. The van der Waals surface area contributed by atoms with Crippen molar-refractivity contribution in [2.75, 3.05) is 14.2 Å². The number of likely N-dealkylation sites (N-methyl/N-ethyl adjacent to an activating group) is 1. The standard InChI is InChI=1S/C8H11F3INO3/c1-13(16-2)7(15)5(14)3-4-6(12)8(9,10)11/h4-5,14H,3H2,1-2H3/b6-4-/t5-/m0/s1. The fourth-order valence-corrected chi connectivity index (χ4v) is 0.986. The van der Waals surface area contributed by atoms with E-state index in [9.17, 15) is 23.1 Å². The van der Waals surface area contributed by atoms with Crippen LogP contribution in [0.2, 0.25) is 0 Å². The van der Waals surface area contributed by atoms with Crippen LogP contribution in [0.5, 0.6) is 0 Å². The van der Waals surface area contributed by atoms with Crippen LogP contribution >= 0.6 is 22.6 Å². The Morgan fingerprint density at radius 2 is 2.12 bits per heavy atom. The summed E-state index contributed by atoms with van der Waals surface area (Å²) in [5.41, 5.74) is 0. The number of carbonyl (C=O) groups excluding carboxylic acids is 1. The van der Waals surface area contributed by atoms with Gasteiger partial charge in [0.25, 0.3) is 5.91 Å². The first-order chi connectivity index (χ1) is 7.20. The van der Waals surface area contributed by atoms with Gasteiger partial charge in [0, 0.05) is 13.5 Å². The Labute approximate surface area is 104 Å². The van der Waals surface area contributed by atoms with E-state index < -0.39 is 28.2 Å². The molecule has 1 atom stereocenters. The Balaban J connectivity index is 4.37. The lowest BCUT2D eigenvalue weighted by molar-refractivity contribution is -0.177. The molecule has 0 aliphatic heterocycles. The molecule has 8 heteroatoms. The van der Waals surface area contributed by atoms with Crippen LogP contribution in [-0.4, -0.2) is 42.5 Å². The number of aliphatic hydroxyl groups is 1. The molecule has 0 bridgehead atoms. The maximum absolute atomic E-state index is 12.0. The van der Waals surface area contributed by atoms with Crippen LogP contribution < -0.4 is 0 Å². The fourth-order valence-electron chi connectivity index (χ4n) is 0.731. The first-order valence-corrected chi connectivity index (χ1v) is 5.20. The van der Waals surface area contributed by atoms with Crippen LogP contribution in [0.25, 0.3) is 0 Å². The monoisotopic (exact) mass is 353 g/mol. The lowest BCUT2D eigenvalue weighted by atomic mass is 10.2. The van der Waals surface area contributed by atoms with Gasteiger partial charge in [0.1, 0.15) is 6.10 Å². The van der Waals surface area contributed by atoms with Crippen LogP contribution in [-0.2, 0) is 9.63 Å². The third kappa shape index (κ3) is 5.12. The molecule has 0 fully saturated rings. The first kappa shape index (κ1) is 15.7. The molecule has 4 nitrogen and oxygen atoms in total. The number of nitrogens with zero attached hydrogens (tertiary/aromatic N) is 1. The molecule has 0 heterocycles. The van der Waals surface area contributed by atoms with Crippen molar-refractivity contribution in [2.24, 2.45) is 0 Å². The molecule has 0 aromatic rings. The van der Waals surface area contributed by atoms with Gasteiger partial charge in [-0.05, 0) is 22.6 Å². The molecule has 0 unspecified atom stereocenters. The molecule has 0 aromatic heterocycles. The summed E-state index contributed by atoms with van der Waals surface area (Å²) in [4.78, 5) is 15.7. The van der Waals surface area contributed by atoms with E-state index in [1.54, 1.807) is 0 Å². The van der Waals surface area contributed by atoms with Crippen LogP contribution in [0, 0.1) is 0 Å². The maximum atomic E-state index is 12.0. The average molecular weight is 353 g/mol. The highest BCUT2D eigenvalue weighted by Gasteiger charge is 2.32. The number of hydrogen-bond acceptors (Lipinski definition) is 3. The van der Waals surface area contributed by atoms with E-state index in [1.165, 1.54) is 14.2 Å². The summed E-state index contributed by atoms with van der Waals surface area (Å²) in [6, 6.07) is 0. The second kappa shape index (κ2) is 6.40. The zero-order valence-electron chi connectivity index (χ0n) is 8.58. The number of rotatable bonds is 4. The number of allylic oxidation sites excluding steroid dienone is 1. The molecule has 94 valence electrons. The van der Waals surface area contributed by atoms with Crippen molar-refractivity contribution < 1.29 is 27.9 Å². The summed E-state index contributed by atoms with van der Waals surface area (Å²) in [7, 11) is 2.46. The molecule has 0 saturated carbocycles. The predicted octanol–water partition coefficient (Wildman–Crippen LogP) is 1.64. The Morgan fingerprint density at radius 1 is 1.62 bits per heavy atom. The quantitative estimate of drug-likeness (QED) is 0.618. The molecule has 1 amide bonds. The van der Waals surface area contributed by atoms with Gasteiger partial charge in [-0.25, -0.2) is 5.06 Å². The van der Waals surface area contributed by atoms with Crippen molar-refractivity contribution in [1.29, 1.82) is 0 Å². The van der Waals surface area contributed by atoms with E-state index in [-0.39, 0.29) is 0 Å². The summed E-state index contributed by atoms with van der Waals surface area (Å²) >= 11 is 1.10. The molecular formula is C8H11F3INO3. The molecule has 0 aromatic carbocycles. The molecule has 0 saturated heterocycles. The highest BCUT2D eigenvalue weighted by molar-refractivity contribution is 14.1. The molecule has 16 heavy (non-hydrogen) atoms. The predicted molar refractivity (Wildman–Crippen MR) is 58.6 cm³/mol. The van der Waals surface area contributed by atoms with Gasteiger partial charge in [0.15, 0.2) is 0 Å². The van der Waals surface area contributed by atoms with E-state index in [0.29, 0.717) is 0 Å². The molecule has 1 N–H and O–H groups in total. The van der Waals surface area contributed by atoms with E-state index >= 15 is 0 Å². The molecule has 0 aliphatic rings. The number of amides is 1. The van der Waals surface area contributed by atoms with Crippen molar-refractivity contribution in [2.45, 2.75) is 18.7 Å². The SMILES string of the molecule is CON(C)C(=O)[C@@H](O)C/C=C(\I)C(F)(F)F. The molecule has 0 rings (SSSR count). The molecule has 0 radical (unpaired) electrons. The van der Waals surface area contributed by atoms with E-state index in [4.69, 9.17) is 0 Å². The number of alkyl halides is 3. The normalized spacial score (nSPS) is 14.8. The van der Waals surface area contributed by atoms with Gasteiger partial charge in [0.2, 0.25) is 0 Å². The Morgan fingerprint density at radius 3 is 2.50 bits per heavy atom. The van der Waals surface area contributed by atoms with Gasteiger partial charge in [0.05, 0.1) is 10.7 Å². The van der Waals surface area contributed by atoms with Crippen LogP contribution in [0.15, 0.2) is 9.66 Å². The first-order valence-electron chi connectivity index (χ1n) is 4.12. The van der Waals surface area contributed by atoms with Crippen molar-refractivity contribution in [1.82, 2.24) is 5.06 Å². The number of halogens is 4. The highest BCUT2D eigenvalue weighted by atomic mass is 127. The van der Waals surface area contributed by atoms with E-state index in [1.807, 2.05) is 0 Å². The zero-order valence-corrected chi connectivity index (χ0v) is 10.7. The highest BCUT2D eigenvalue weighted by Crippen LogP contribution is 2.31. The van der Waals surface area contributed by atoms with E-state index in [2.05, 4.69) is 4.84 Å². The summed E-state index contributed by atoms with van der Waals surface area (Å²) in [5.74, 6) is -0.801. The largest absolute Gasteiger partial charge is 0.421 e. The lowest BCUT2D eigenvalue weighted by Crippen LogP contribution is -2.35. The number of hydrogen-bond donors (Lipinski definition) is 1. The topological polar surface area (TPSA) is 49.8 Å². The van der Waals surface area contributed by atoms with Gasteiger partial charge in [-0.3, -0.25) is 9.63 Å². The van der Waals surface area contributed by atoms with Crippen molar-refractivity contribution in [3.05, 3.63) is 9.66 Å². The minimum absolute atomic E-state index is 0.412. The van der Waals surface area contributed by atoms with Gasteiger partial charge >= 0.3 is 6.18 Å². The van der Waals surface area contributed by atoms with Gasteiger partial charge in [-0.1, -0.05) is 6.08 Å². The molecule has 0 aliphatic carbocycles. The van der Waals surface area contributed by atoms with Crippen LogP contribution in [0.1, 0.15) is 6.42 Å². The lowest BCUT2D eigenvalue weighted by Gasteiger charge is -2.17. The third-order valence-corrected chi connectivity index (χ3v) is 2.71. The van der Waals surface area contributed by atoms with E-state index in [0.717, 1.165) is 33.7 Å². The number of carbonyl (C=O) groups is 1. The van der Waals surface area contributed by atoms with Gasteiger partial charge in [-0.15, -0.1) is 0 Å². The fraction of sp³-hybridized carbons (Fsp3) is 0.625.